The van der Waals surface area contributed by atoms with Crippen LogP contribution in [-0.4, -0.2) is 17.8 Å². The molecule has 2 aromatic carbocycles. The van der Waals surface area contributed by atoms with E-state index in [1.807, 2.05) is 25.1 Å². The molecule has 4 nitrogen and oxygen atoms in total. The summed E-state index contributed by atoms with van der Waals surface area (Å²) in [6, 6.07) is 14.1. The van der Waals surface area contributed by atoms with Gasteiger partial charge in [0.15, 0.2) is 0 Å². The number of hydrogen-bond donors (Lipinski definition) is 1. The molecule has 2 N–H and O–H groups in total. The second-order valence-electron chi connectivity index (χ2n) is 4.46. The molecule has 0 aliphatic carbocycles. The molecule has 0 aliphatic heterocycles. The number of benzene rings is 2. The number of carbonyl (C=O) groups is 2. The molecule has 0 saturated heterocycles. The zero-order valence-electron chi connectivity index (χ0n) is 11.5. The Kier molecular flexibility index (Phi) is 5.00. The molecule has 2 aromatic rings. The number of aryl methyl sites for hydroxylation is 1. The Bertz CT molecular complexity index is 670. The zero-order chi connectivity index (χ0) is 15.2. The summed E-state index contributed by atoms with van der Waals surface area (Å²) in [5, 5.41) is 0. The lowest BCUT2D eigenvalue weighted by Crippen LogP contribution is -2.10. The van der Waals surface area contributed by atoms with Crippen LogP contribution in [0.1, 0.15) is 26.3 Å². The van der Waals surface area contributed by atoms with Crippen LogP contribution in [0.3, 0.4) is 0 Å². The molecule has 0 bridgehead atoms. The van der Waals surface area contributed by atoms with E-state index in [0.29, 0.717) is 11.1 Å². The van der Waals surface area contributed by atoms with Gasteiger partial charge in [0.1, 0.15) is 5.94 Å². The largest absolute Gasteiger partial charge is 0.451 e. The lowest BCUT2D eigenvalue weighted by Gasteiger charge is -2.06. The number of amides is 1. The molecule has 108 valence electrons. The van der Waals surface area contributed by atoms with Crippen molar-refractivity contribution in [2.45, 2.75) is 11.8 Å². The summed E-state index contributed by atoms with van der Waals surface area (Å²) < 4.78 is 5.20. The molecule has 0 atom stereocenters. The second kappa shape index (κ2) is 6.95. The quantitative estimate of drug-likeness (QED) is 0.523. The summed E-state index contributed by atoms with van der Waals surface area (Å²) in [6.07, 6.45) is 0. The topological polar surface area (TPSA) is 69.4 Å². The van der Waals surface area contributed by atoms with E-state index in [-0.39, 0.29) is 11.9 Å². The fraction of sp³-hybridized carbons (Fsp3) is 0.125. The summed E-state index contributed by atoms with van der Waals surface area (Å²) in [6.45, 7) is 1.92. The van der Waals surface area contributed by atoms with Gasteiger partial charge in [0, 0.05) is 10.5 Å². The van der Waals surface area contributed by atoms with E-state index >= 15 is 0 Å². The van der Waals surface area contributed by atoms with Gasteiger partial charge in [-0.1, -0.05) is 35.5 Å². The standard InChI is InChI=1S/C16H15NO3S/c1-11-4-2-6-13(8-11)16(19)20-10-21-14-7-3-5-12(9-14)15(17)18/h2-9H,10H2,1H3,(H2,17,18). The molecule has 0 aliphatic rings. The predicted molar refractivity (Wildman–Crippen MR) is 82.3 cm³/mol. The number of primary amides is 1. The SMILES string of the molecule is Cc1cccc(C(=O)OCSc2cccc(C(N)=O)c2)c1. The van der Waals surface area contributed by atoms with Gasteiger partial charge >= 0.3 is 5.97 Å². The van der Waals surface area contributed by atoms with Crippen molar-refractivity contribution in [3.8, 4) is 0 Å². The first-order valence-electron chi connectivity index (χ1n) is 6.33. The number of nitrogens with two attached hydrogens (primary N) is 1. The highest BCUT2D eigenvalue weighted by molar-refractivity contribution is 7.99. The first kappa shape index (κ1) is 15.1. The van der Waals surface area contributed by atoms with E-state index in [0.717, 1.165) is 10.5 Å². The van der Waals surface area contributed by atoms with Crippen LogP contribution in [0.2, 0.25) is 0 Å². The van der Waals surface area contributed by atoms with Crippen molar-refractivity contribution in [3.63, 3.8) is 0 Å². The molecule has 0 radical (unpaired) electrons. The van der Waals surface area contributed by atoms with Crippen molar-refractivity contribution >= 4 is 23.6 Å². The molecular weight excluding hydrogens is 286 g/mol. The van der Waals surface area contributed by atoms with Gasteiger partial charge in [-0.2, -0.15) is 0 Å². The smallest absolute Gasteiger partial charge is 0.338 e. The van der Waals surface area contributed by atoms with Crippen molar-refractivity contribution < 1.29 is 14.3 Å². The third-order valence-corrected chi connectivity index (χ3v) is 3.61. The van der Waals surface area contributed by atoms with Crippen molar-refractivity contribution in [2.75, 3.05) is 5.94 Å². The summed E-state index contributed by atoms with van der Waals surface area (Å²) in [5.41, 5.74) is 7.19. The molecule has 0 unspecified atom stereocenters. The monoisotopic (exact) mass is 301 g/mol. The Labute approximate surface area is 127 Å². The highest BCUT2D eigenvalue weighted by Crippen LogP contribution is 2.19. The molecule has 0 aromatic heterocycles. The van der Waals surface area contributed by atoms with Crippen LogP contribution in [0, 0.1) is 6.92 Å². The highest BCUT2D eigenvalue weighted by Gasteiger charge is 2.07. The fourth-order valence-corrected chi connectivity index (χ4v) is 2.43. The van der Waals surface area contributed by atoms with E-state index in [2.05, 4.69) is 0 Å². The summed E-state index contributed by atoms with van der Waals surface area (Å²) in [5.74, 6) is -0.666. The van der Waals surface area contributed by atoms with Crippen LogP contribution in [0.5, 0.6) is 0 Å². The van der Waals surface area contributed by atoms with Gasteiger partial charge in [0.05, 0.1) is 5.56 Å². The van der Waals surface area contributed by atoms with Gasteiger partial charge < -0.3 is 10.5 Å². The zero-order valence-corrected chi connectivity index (χ0v) is 12.4. The molecule has 0 saturated carbocycles. The number of hydrogen-bond acceptors (Lipinski definition) is 4. The lowest BCUT2D eigenvalue weighted by molar-refractivity contribution is 0.0579. The van der Waals surface area contributed by atoms with Crippen molar-refractivity contribution in [1.82, 2.24) is 0 Å². The minimum atomic E-state index is -0.478. The van der Waals surface area contributed by atoms with E-state index < -0.39 is 5.91 Å². The Morgan fingerprint density at radius 2 is 1.81 bits per heavy atom. The number of rotatable bonds is 5. The maximum absolute atomic E-state index is 11.9. The summed E-state index contributed by atoms with van der Waals surface area (Å²) in [4.78, 5) is 23.8. The first-order valence-corrected chi connectivity index (χ1v) is 7.31. The lowest BCUT2D eigenvalue weighted by atomic mass is 10.1. The number of ether oxygens (including phenoxy) is 1. The molecule has 5 heteroatoms. The summed E-state index contributed by atoms with van der Waals surface area (Å²) >= 11 is 1.33. The van der Waals surface area contributed by atoms with E-state index in [1.165, 1.54) is 11.8 Å². The molecule has 0 spiro atoms. The minimum absolute atomic E-state index is 0.176. The molecule has 21 heavy (non-hydrogen) atoms. The van der Waals surface area contributed by atoms with E-state index in [1.54, 1.807) is 30.3 Å². The Balaban J connectivity index is 1.91. The predicted octanol–water partition coefficient (Wildman–Crippen LogP) is 3.00. The van der Waals surface area contributed by atoms with Gasteiger partial charge in [-0.15, -0.1) is 0 Å². The van der Waals surface area contributed by atoms with Crippen LogP contribution in [0.4, 0.5) is 0 Å². The fourth-order valence-electron chi connectivity index (χ4n) is 1.75. The Hall–Kier alpha value is -2.27. The third-order valence-electron chi connectivity index (χ3n) is 2.79. The van der Waals surface area contributed by atoms with Gasteiger partial charge in [0.2, 0.25) is 5.91 Å². The highest BCUT2D eigenvalue weighted by atomic mass is 32.2. The summed E-state index contributed by atoms with van der Waals surface area (Å²) in [7, 11) is 0. The Morgan fingerprint density at radius 1 is 1.10 bits per heavy atom. The third kappa shape index (κ3) is 4.36. The van der Waals surface area contributed by atoms with E-state index in [9.17, 15) is 9.59 Å². The Morgan fingerprint density at radius 3 is 2.52 bits per heavy atom. The van der Waals surface area contributed by atoms with Crippen LogP contribution in [0.25, 0.3) is 0 Å². The molecule has 0 fully saturated rings. The van der Waals surface area contributed by atoms with Crippen molar-refractivity contribution in [1.29, 1.82) is 0 Å². The molecule has 0 heterocycles. The van der Waals surface area contributed by atoms with Crippen molar-refractivity contribution in [3.05, 3.63) is 65.2 Å². The van der Waals surface area contributed by atoms with Crippen molar-refractivity contribution in [2.24, 2.45) is 5.73 Å². The van der Waals surface area contributed by atoms with Gasteiger partial charge in [0.25, 0.3) is 0 Å². The molecular formula is C16H15NO3S. The average molecular weight is 301 g/mol. The maximum Gasteiger partial charge on any atom is 0.338 e. The normalized spacial score (nSPS) is 10.1. The maximum atomic E-state index is 11.9. The average Bonchev–Trinajstić information content (AvgIpc) is 2.47. The van der Waals surface area contributed by atoms with Gasteiger partial charge in [-0.05, 0) is 37.3 Å². The first-order chi connectivity index (χ1) is 10.1. The van der Waals surface area contributed by atoms with Gasteiger partial charge in [-0.25, -0.2) is 4.79 Å². The van der Waals surface area contributed by atoms with Crippen LogP contribution >= 0.6 is 11.8 Å². The molecule has 1 amide bonds. The molecule has 2 rings (SSSR count). The van der Waals surface area contributed by atoms with Gasteiger partial charge in [-0.3, -0.25) is 4.79 Å². The minimum Gasteiger partial charge on any atom is -0.451 e. The van der Waals surface area contributed by atoms with Crippen LogP contribution < -0.4 is 5.73 Å². The van der Waals surface area contributed by atoms with Crippen LogP contribution in [0.15, 0.2) is 53.4 Å². The van der Waals surface area contributed by atoms with E-state index in [4.69, 9.17) is 10.5 Å². The number of thioether (sulfide) groups is 1. The van der Waals surface area contributed by atoms with Crippen LogP contribution in [-0.2, 0) is 4.74 Å². The number of esters is 1. The second-order valence-corrected chi connectivity index (χ2v) is 5.45. The number of carbonyl (C=O) groups excluding carboxylic acids is 2.